The number of likely N-dealkylation sites (N-methyl/N-ethyl adjacent to an activating group) is 1. The zero-order valence-electron chi connectivity index (χ0n) is 43.3. The van der Waals surface area contributed by atoms with Gasteiger partial charge in [0.1, 0.15) is 19.8 Å². The first-order chi connectivity index (χ1) is 31.0. The minimum atomic E-state index is -4.36. The Labute approximate surface area is 397 Å². The fraction of sp³-hybridized carbons (Fsp3) is 0.963. The van der Waals surface area contributed by atoms with E-state index in [0.717, 1.165) is 51.4 Å². The lowest BCUT2D eigenvalue weighted by Gasteiger charge is -2.24. The summed E-state index contributed by atoms with van der Waals surface area (Å²) in [5.74, 6) is -0.797. The van der Waals surface area contributed by atoms with E-state index in [4.69, 9.17) is 18.5 Å². The van der Waals surface area contributed by atoms with Crippen molar-refractivity contribution in [2.75, 3.05) is 47.5 Å². The molecule has 0 aromatic carbocycles. The van der Waals surface area contributed by atoms with Crippen LogP contribution in [0.3, 0.4) is 0 Å². The van der Waals surface area contributed by atoms with Crippen LogP contribution in [-0.2, 0) is 32.7 Å². The van der Waals surface area contributed by atoms with Crippen LogP contribution in [0.1, 0.15) is 284 Å². The summed E-state index contributed by atoms with van der Waals surface area (Å²) in [6.07, 6.45) is 52.6. The quantitative estimate of drug-likeness (QED) is 0.0278. The van der Waals surface area contributed by atoms with E-state index in [-0.39, 0.29) is 32.0 Å². The fourth-order valence-electron chi connectivity index (χ4n) is 8.31. The van der Waals surface area contributed by atoms with Gasteiger partial charge in [0.15, 0.2) is 6.10 Å². The number of carbonyl (C=O) groups is 2. The lowest BCUT2D eigenvalue weighted by molar-refractivity contribution is -0.870. The Morgan fingerprint density at radius 1 is 0.422 bits per heavy atom. The highest BCUT2D eigenvalue weighted by Gasteiger charge is 2.27. The van der Waals surface area contributed by atoms with Crippen molar-refractivity contribution in [2.24, 2.45) is 0 Å². The summed E-state index contributed by atoms with van der Waals surface area (Å²) in [6, 6.07) is 0. The number of hydrogen-bond acceptors (Lipinski definition) is 7. The summed E-state index contributed by atoms with van der Waals surface area (Å²) < 4.78 is 34.2. The van der Waals surface area contributed by atoms with Crippen molar-refractivity contribution in [3.8, 4) is 0 Å². The maximum atomic E-state index is 12.7. The molecule has 0 spiro atoms. The summed E-state index contributed by atoms with van der Waals surface area (Å²) in [4.78, 5) is 35.1. The third-order valence-corrected chi connectivity index (χ3v) is 13.6. The van der Waals surface area contributed by atoms with Crippen molar-refractivity contribution in [1.29, 1.82) is 0 Å². The molecule has 0 aliphatic carbocycles. The van der Waals surface area contributed by atoms with Crippen molar-refractivity contribution < 1.29 is 42.1 Å². The monoisotopic (exact) mass is 931 g/mol. The highest BCUT2D eigenvalue weighted by atomic mass is 31.2. The van der Waals surface area contributed by atoms with E-state index in [1.807, 2.05) is 21.1 Å². The number of phosphoric acid groups is 1. The van der Waals surface area contributed by atoms with E-state index in [1.165, 1.54) is 205 Å². The number of ether oxygens (including phenoxy) is 2. The molecule has 0 saturated carbocycles. The molecule has 0 aromatic heterocycles. The molecule has 0 fully saturated rings. The highest BCUT2D eigenvalue weighted by Crippen LogP contribution is 2.43. The first kappa shape index (κ1) is 63.0. The Morgan fingerprint density at radius 3 is 1.00 bits per heavy atom. The normalized spacial score (nSPS) is 13.3. The number of quaternary nitrogens is 1. The maximum absolute atomic E-state index is 12.7. The van der Waals surface area contributed by atoms with Gasteiger partial charge in [0.05, 0.1) is 27.7 Å². The summed E-state index contributed by atoms with van der Waals surface area (Å²) in [7, 11) is 1.49. The van der Waals surface area contributed by atoms with Crippen molar-refractivity contribution in [2.45, 2.75) is 290 Å². The van der Waals surface area contributed by atoms with Gasteiger partial charge < -0.3 is 18.9 Å². The van der Waals surface area contributed by atoms with Gasteiger partial charge in [-0.15, -0.1) is 0 Å². The second kappa shape index (κ2) is 47.1. The molecule has 0 aliphatic heterocycles. The average Bonchev–Trinajstić information content (AvgIpc) is 3.25. The van der Waals surface area contributed by atoms with Gasteiger partial charge in [0, 0.05) is 12.8 Å². The van der Waals surface area contributed by atoms with Gasteiger partial charge in [-0.3, -0.25) is 18.6 Å². The van der Waals surface area contributed by atoms with Crippen LogP contribution >= 0.6 is 7.82 Å². The van der Waals surface area contributed by atoms with Crippen LogP contribution < -0.4 is 0 Å². The molecule has 2 atom stereocenters. The third-order valence-electron chi connectivity index (χ3n) is 12.6. The van der Waals surface area contributed by atoms with Crippen molar-refractivity contribution in [1.82, 2.24) is 0 Å². The Balaban J connectivity index is 3.73. The SMILES string of the molecule is CCCCCCCCCCCCCCCCCCCCCCCCCCCCCCCCCCCCCC(=O)OC(COC(=O)CCCCCCC)COP(=O)(O)OCC[N+](C)(C)C. The van der Waals surface area contributed by atoms with Crippen molar-refractivity contribution >= 4 is 19.8 Å². The molecule has 64 heavy (non-hydrogen) atoms. The van der Waals surface area contributed by atoms with Gasteiger partial charge in [-0.1, -0.05) is 258 Å². The zero-order valence-corrected chi connectivity index (χ0v) is 44.2. The topological polar surface area (TPSA) is 108 Å². The number of carbonyl (C=O) groups excluding carboxylic acids is 2. The number of hydrogen-bond donors (Lipinski definition) is 1. The molecule has 382 valence electrons. The number of esters is 2. The zero-order chi connectivity index (χ0) is 47.1. The van der Waals surface area contributed by atoms with Gasteiger partial charge in [-0.25, -0.2) is 4.57 Å². The lowest BCUT2D eigenvalue weighted by atomic mass is 10.0. The van der Waals surface area contributed by atoms with Crippen LogP contribution in [0.4, 0.5) is 0 Å². The first-order valence-corrected chi connectivity index (χ1v) is 29.3. The molecule has 0 aromatic rings. The van der Waals surface area contributed by atoms with Crippen molar-refractivity contribution in [3.63, 3.8) is 0 Å². The molecule has 0 heterocycles. The standard InChI is InChI=1S/C54H108NO8P/c1-6-8-10-12-13-14-15-16-17-18-19-20-21-22-23-24-25-26-27-28-29-30-31-32-33-34-35-36-37-38-39-40-41-43-45-47-54(57)63-52(50-60-53(56)46-44-42-11-9-7-2)51-62-64(58,59)61-49-48-55(3,4)5/h52H,6-51H2,1-5H3/p+1. The fourth-order valence-corrected chi connectivity index (χ4v) is 9.05. The summed E-state index contributed by atoms with van der Waals surface area (Å²) in [5, 5.41) is 0. The van der Waals surface area contributed by atoms with Gasteiger partial charge in [-0.05, 0) is 12.8 Å². The number of nitrogens with zero attached hydrogens (tertiary/aromatic N) is 1. The van der Waals surface area contributed by atoms with Crippen LogP contribution in [0.2, 0.25) is 0 Å². The Kier molecular flexibility index (Phi) is 46.4. The van der Waals surface area contributed by atoms with Crippen molar-refractivity contribution in [3.05, 3.63) is 0 Å². The third kappa shape index (κ3) is 50.4. The molecule has 0 radical (unpaired) electrons. The summed E-state index contributed by atoms with van der Waals surface area (Å²) in [5.41, 5.74) is 0. The molecule has 0 rings (SSSR count). The van der Waals surface area contributed by atoms with E-state index in [0.29, 0.717) is 11.0 Å². The Hall–Kier alpha value is -0.990. The number of unbranched alkanes of at least 4 members (excludes halogenated alkanes) is 38. The van der Waals surface area contributed by atoms with Gasteiger partial charge in [0.2, 0.25) is 0 Å². The molecule has 0 amide bonds. The molecule has 9 nitrogen and oxygen atoms in total. The van der Waals surface area contributed by atoms with Crippen LogP contribution in [0.15, 0.2) is 0 Å². The van der Waals surface area contributed by atoms with Crippen LogP contribution in [0.5, 0.6) is 0 Å². The van der Waals surface area contributed by atoms with E-state index in [2.05, 4.69) is 13.8 Å². The predicted molar refractivity (Wildman–Crippen MR) is 271 cm³/mol. The summed E-state index contributed by atoms with van der Waals surface area (Å²) >= 11 is 0. The molecular weight excluding hydrogens is 822 g/mol. The average molecular weight is 931 g/mol. The largest absolute Gasteiger partial charge is 0.472 e. The van der Waals surface area contributed by atoms with E-state index >= 15 is 0 Å². The molecule has 1 N–H and O–H groups in total. The van der Waals surface area contributed by atoms with Gasteiger partial charge in [0.25, 0.3) is 0 Å². The van der Waals surface area contributed by atoms with E-state index < -0.39 is 26.5 Å². The number of rotatable bonds is 52. The molecule has 0 bridgehead atoms. The minimum absolute atomic E-state index is 0.0362. The molecule has 0 aliphatic rings. The smallest absolute Gasteiger partial charge is 0.462 e. The molecule has 10 heteroatoms. The van der Waals surface area contributed by atoms with E-state index in [1.54, 1.807) is 0 Å². The summed E-state index contributed by atoms with van der Waals surface area (Å²) in [6.45, 7) is 4.38. The molecule has 0 saturated heterocycles. The Bertz CT molecular complexity index is 1050. The predicted octanol–water partition coefficient (Wildman–Crippen LogP) is 16.7. The second-order valence-electron chi connectivity index (χ2n) is 20.3. The minimum Gasteiger partial charge on any atom is -0.462 e. The van der Waals surface area contributed by atoms with Crippen LogP contribution in [0.25, 0.3) is 0 Å². The molecule has 2 unspecified atom stereocenters. The second-order valence-corrected chi connectivity index (χ2v) is 21.8. The Morgan fingerprint density at radius 2 is 0.703 bits per heavy atom. The van der Waals surface area contributed by atoms with Gasteiger partial charge >= 0.3 is 19.8 Å². The molecular formula is C54H109NO8P+. The first-order valence-electron chi connectivity index (χ1n) is 27.8. The maximum Gasteiger partial charge on any atom is 0.472 e. The highest BCUT2D eigenvalue weighted by molar-refractivity contribution is 7.47. The van der Waals surface area contributed by atoms with Crippen LogP contribution in [0, 0.1) is 0 Å². The number of phosphoric ester groups is 1. The van der Waals surface area contributed by atoms with Crippen LogP contribution in [-0.4, -0.2) is 74.9 Å². The van der Waals surface area contributed by atoms with E-state index in [9.17, 15) is 19.0 Å². The lowest BCUT2D eigenvalue weighted by Crippen LogP contribution is -2.37. The van der Waals surface area contributed by atoms with Gasteiger partial charge in [-0.2, -0.15) is 0 Å².